The summed E-state index contributed by atoms with van der Waals surface area (Å²) in [6.45, 7) is -0.0850. The zero-order valence-corrected chi connectivity index (χ0v) is 21.4. The van der Waals surface area contributed by atoms with E-state index in [-0.39, 0.29) is 24.8 Å². The lowest BCUT2D eigenvalue weighted by Crippen LogP contribution is -2.36. The summed E-state index contributed by atoms with van der Waals surface area (Å²) < 4.78 is 16.2. The van der Waals surface area contributed by atoms with E-state index in [4.69, 9.17) is 19.2 Å². The standard InChI is InChI=1S/C28H28N2O5S/c1-33-19-8-6-7-17(13-19)21(31)16-30-25(32)15-29-27(18-11-12-22(34-2)23(14-18)35-3)26-20-9-4-5-10-24(20)36-28(26)30/h6-8,11-14H,4-5,9-10,15-16H2,1-3H3. The maximum atomic E-state index is 13.4. The predicted octanol–water partition coefficient (Wildman–Crippen LogP) is 4.72. The van der Waals surface area contributed by atoms with Crippen LogP contribution in [0.3, 0.4) is 0 Å². The molecule has 0 radical (unpaired) electrons. The van der Waals surface area contributed by atoms with Crippen LogP contribution in [0.2, 0.25) is 0 Å². The number of anilines is 1. The van der Waals surface area contributed by atoms with Crippen molar-refractivity contribution in [2.45, 2.75) is 25.7 Å². The van der Waals surface area contributed by atoms with Gasteiger partial charge in [-0.2, -0.15) is 0 Å². The van der Waals surface area contributed by atoms with Gasteiger partial charge in [-0.05, 0) is 61.6 Å². The van der Waals surface area contributed by atoms with Gasteiger partial charge in [0, 0.05) is 21.6 Å². The number of aryl methyl sites for hydroxylation is 1. The highest BCUT2D eigenvalue weighted by Gasteiger charge is 2.33. The molecule has 1 aliphatic carbocycles. The molecule has 2 aromatic carbocycles. The maximum Gasteiger partial charge on any atom is 0.249 e. The van der Waals surface area contributed by atoms with Gasteiger partial charge >= 0.3 is 0 Å². The highest BCUT2D eigenvalue weighted by Crippen LogP contribution is 2.43. The van der Waals surface area contributed by atoms with Gasteiger partial charge in [-0.15, -0.1) is 11.3 Å². The SMILES string of the molecule is COc1cccc(C(=O)CN2C(=O)CN=C(c3ccc(OC)c(OC)c3)c3c2sc2c3CCCC2)c1. The number of amides is 1. The maximum absolute atomic E-state index is 13.4. The molecule has 2 aliphatic rings. The Morgan fingerprint density at radius 2 is 1.81 bits per heavy atom. The van der Waals surface area contributed by atoms with Crippen molar-refractivity contribution in [3.63, 3.8) is 0 Å². The van der Waals surface area contributed by atoms with Crippen molar-refractivity contribution in [3.8, 4) is 17.2 Å². The first-order valence-corrected chi connectivity index (χ1v) is 12.7. The highest BCUT2D eigenvalue weighted by molar-refractivity contribution is 7.17. The first kappa shape index (κ1) is 24.1. The Hall–Kier alpha value is -3.65. The molecule has 7 nitrogen and oxygen atoms in total. The number of methoxy groups -OCH3 is 3. The van der Waals surface area contributed by atoms with Crippen LogP contribution in [0.1, 0.15) is 44.8 Å². The van der Waals surface area contributed by atoms with Gasteiger partial charge < -0.3 is 14.2 Å². The Bertz CT molecular complexity index is 1360. The number of thiophene rings is 1. The van der Waals surface area contributed by atoms with Crippen molar-refractivity contribution >= 4 is 33.7 Å². The Kier molecular flexibility index (Phi) is 6.78. The van der Waals surface area contributed by atoms with Crippen molar-refractivity contribution in [1.82, 2.24) is 0 Å². The van der Waals surface area contributed by atoms with Crippen molar-refractivity contribution in [3.05, 3.63) is 69.6 Å². The zero-order chi connectivity index (χ0) is 25.2. The Balaban J connectivity index is 1.59. The normalized spacial score (nSPS) is 14.9. The Morgan fingerprint density at radius 1 is 1.00 bits per heavy atom. The first-order valence-electron chi connectivity index (χ1n) is 11.9. The minimum atomic E-state index is -0.193. The van der Waals surface area contributed by atoms with Gasteiger partial charge in [-0.25, -0.2) is 0 Å². The van der Waals surface area contributed by atoms with E-state index in [1.54, 1.807) is 61.8 Å². The van der Waals surface area contributed by atoms with Crippen LogP contribution in [-0.4, -0.2) is 51.8 Å². The molecule has 3 aromatic rings. The molecule has 0 fully saturated rings. The molecular formula is C28H28N2O5S. The lowest BCUT2D eigenvalue weighted by molar-refractivity contribution is -0.117. The second-order valence-electron chi connectivity index (χ2n) is 8.76. The number of ketones is 1. The second kappa shape index (κ2) is 10.1. The van der Waals surface area contributed by atoms with Crippen LogP contribution in [0.15, 0.2) is 47.5 Å². The first-order chi connectivity index (χ1) is 17.5. The smallest absolute Gasteiger partial charge is 0.249 e. The molecule has 186 valence electrons. The van der Waals surface area contributed by atoms with E-state index < -0.39 is 0 Å². The van der Waals surface area contributed by atoms with Crippen LogP contribution < -0.4 is 19.1 Å². The number of ether oxygens (including phenoxy) is 3. The minimum Gasteiger partial charge on any atom is -0.497 e. The molecule has 8 heteroatoms. The third-order valence-electron chi connectivity index (χ3n) is 6.66. The van der Waals surface area contributed by atoms with Crippen molar-refractivity contribution in [1.29, 1.82) is 0 Å². The van der Waals surface area contributed by atoms with Gasteiger partial charge in [-0.3, -0.25) is 19.5 Å². The number of rotatable bonds is 7. The average Bonchev–Trinajstić information content (AvgIpc) is 3.24. The van der Waals surface area contributed by atoms with Crippen LogP contribution in [0.25, 0.3) is 0 Å². The van der Waals surface area contributed by atoms with E-state index >= 15 is 0 Å². The zero-order valence-electron chi connectivity index (χ0n) is 20.6. The number of hydrogen-bond acceptors (Lipinski definition) is 7. The molecule has 0 saturated heterocycles. The fourth-order valence-corrected chi connectivity index (χ4v) is 6.23. The summed E-state index contributed by atoms with van der Waals surface area (Å²) in [6, 6.07) is 12.7. The van der Waals surface area contributed by atoms with E-state index in [9.17, 15) is 9.59 Å². The minimum absolute atomic E-state index is 0.0365. The summed E-state index contributed by atoms with van der Waals surface area (Å²) in [6.07, 6.45) is 4.11. The Labute approximate surface area is 214 Å². The van der Waals surface area contributed by atoms with Crippen LogP contribution in [0, 0.1) is 0 Å². The molecule has 0 bridgehead atoms. The van der Waals surface area contributed by atoms with Crippen LogP contribution in [-0.2, 0) is 17.6 Å². The quantitative estimate of drug-likeness (QED) is 0.435. The average molecular weight is 505 g/mol. The molecule has 0 unspecified atom stereocenters. The Morgan fingerprint density at radius 3 is 2.58 bits per heavy atom. The molecule has 1 amide bonds. The summed E-state index contributed by atoms with van der Waals surface area (Å²) in [5, 5.41) is 0.800. The second-order valence-corrected chi connectivity index (χ2v) is 9.84. The summed E-state index contributed by atoms with van der Waals surface area (Å²) >= 11 is 1.62. The van der Waals surface area contributed by atoms with Gasteiger partial charge in [0.2, 0.25) is 5.91 Å². The van der Waals surface area contributed by atoms with E-state index in [0.717, 1.165) is 47.5 Å². The monoisotopic (exact) mass is 504 g/mol. The third-order valence-corrected chi connectivity index (χ3v) is 7.97. The van der Waals surface area contributed by atoms with Gasteiger partial charge in [0.25, 0.3) is 0 Å². The number of Topliss-reactive ketones (excluding diaryl/α,β-unsaturated/α-hetero) is 1. The fraction of sp³-hybridized carbons (Fsp3) is 0.321. The van der Waals surface area contributed by atoms with Crippen molar-refractivity contribution in [2.75, 3.05) is 39.3 Å². The number of benzene rings is 2. The molecule has 0 atom stereocenters. The molecule has 0 spiro atoms. The molecule has 1 aliphatic heterocycles. The number of nitrogens with zero attached hydrogens (tertiary/aromatic N) is 2. The number of aliphatic imine (C=N–C) groups is 1. The predicted molar refractivity (Wildman–Crippen MR) is 141 cm³/mol. The van der Waals surface area contributed by atoms with Crippen LogP contribution in [0.5, 0.6) is 17.2 Å². The van der Waals surface area contributed by atoms with E-state index in [1.165, 1.54) is 10.4 Å². The third kappa shape index (κ3) is 4.37. The largest absolute Gasteiger partial charge is 0.497 e. The molecule has 1 aromatic heterocycles. The number of carbonyl (C=O) groups is 2. The number of carbonyl (C=O) groups excluding carboxylic acids is 2. The van der Waals surface area contributed by atoms with E-state index in [2.05, 4.69) is 0 Å². The highest BCUT2D eigenvalue weighted by atomic mass is 32.1. The number of fused-ring (bicyclic) bond motifs is 3. The molecular weight excluding hydrogens is 476 g/mol. The topological polar surface area (TPSA) is 77.4 Å². The van der Waals surface area contributed by atoms with Crippen molar-refractivity contribution < 1.29 is 23.8 Å². The van der Waals surface area contributed by atoms with Crippen molar-refractivity contribution in [2.24, 2.45) is 4.99 Å². The summed E-state index contributed by atoms with van der Waals surface area (Å²) in [5.41, 5.74) is 4.33. The molecule has 0 saturated carbocycles. The van der Waals surface area contributed by atoms with Gasteiger partial charge in [0.1, 0.15) is 17.3 Å². The molecule has 2 heterocycles. The summed E-state index contributed by atoms with van der Waals surface area (Å²) in [7, 11) is 4.77. The van der Waals surface area contributed by atoms with Gasteiger partial charge in [0.05, 0.1) is 33.6 Å². The fourth-order valence-electron chi connectivity index (χ4n) is 4.82. The van der Waals surface area contributed by atoms with E-state index in [0.29, 0.717) is 22.8 Å². The van der Waals surface area contributed by atoms with E-state index in [1.807, 2.05) is 18.2 Å². The molecule has 5 rings (SSSR count). The lowest BCUT2D eigenvalue weighted by atomic mass is 9.91. The van der Waals surface area contributed by atoms with Crippen LogP contribution >= 0.6 is 11.3 Å². The van der Waals surface area contributed by atoms with Crippen LogP contribution in [0.4, 0.5) is 5.00 Å². The van der Waals surface area contributed by atoms with Gasteiger partial charge in [-0.1, -0.05) is 12.1 Å². The summed E-state index contributed by atoms with van der Waals surface area (Å²) in [4.78, 5) is 34.4. The van der Waals surface area contributed by atoms with Gasteiger partial charge in [0.15, 0.2) is 17.3 Å². The lowest BCUT2D eigenvalue weighted by Gasteiger charge is -2.20. The molecule has 36 heavy (non-hydrogen) atoms. The number of hydrogen-bond donors (Lipinski definition) is 0. The summed E-state index contributed by atoms with van der Waals surface area (Å²) in [5.74, 6) is 1.50. The molecule has 0 N–H and O–H groups in total.